The second-order valence-electron chi connectivity index (χ2n) is 3.22. The Morgan fingerprint density at radius 2 is 2.25 bits per heavy atom. The summed E-state index contributed by atoms with van der Waals surface area (Å²) < 4.78 is 0. The van der Waals surface area contributed by atoms with Gasteiger partial charge in [0.1, 0.15) is 11.5 Å². The number of rotatable bonds is 3. The van der Waals surface area contributed by atoms with Crippen LogP contribution in [0.4, 0.5) is 0 Å². The molecule has 2 rings (SSSR count). The van der Waals surface area contributed by atoms with E-state index in [0.29, 0.717) is 16.9 Å². The van der Waals surface area contributed by atoms with Gasteiger partial charge in [-0.15, -0.1) is 0 Å². The predicted octanol–water partition coefficient (Wildman–Crippen LogP) is 2.01. The summed E-state index contributed by atoms with van der Waals surface area (Å²) in [5.41, 5.74) is 1.12. The zero-order valence-electron chi connectivity index (χ0n) is 8.66. The van der Waals surface area contributed by atoms with Gasteiger partial charge in [-0.3, -0.25) is 4.79 Å². The zero-order valence-corrected chi connectivity index (χ0v) is 8.66. The van der Waals surface area contributed by atoms with Crippen molar-refractivity contribution in [2.75, 3.05) is 0 Å². The molecule has 0 aliphatic rings. The minimum Gasteiger partial charge on any atom is -0.346 e. The van der Waals surface area contributed by atoms with Crippen LogP contribution in [0, 0.1) is 0 Å². The molecule has 0 fully saturated rings. The molecule has 0 radical (unpaired) electrons. The van der Waals surface area contributed by atoms with Crippen molar-refractivity contribution in [2.45, 2.75) is 0 Å². The third kappa shape index (κ3) is 1.61. The van der Waals surface area contributed by atoms with Crippen LogP contribution in [-0.4, -0.2) is 15.0 Å². The molecule has 2 heterocycles. The van der Waals surface area contributed by atoms with Gasteiger partial charge in [0.2, 0.25) is 0 Å². The Morgan fingerprint density at radius 3 is 2.94 bits per heavy atom. The number of fused-ring (bicyclic) bond motifs is 1. The first-order valence-corrected chi connectivity index (χ1v) is 4.79. The van der Waals surface area contributed by atoms with Crippen LogP contribution >= 0.6 is 0 Å². The van der Waals surface area contributed by atoms with Gasteiger partial charge >= 0.3 is 0 Å². The molecule has 2 N–H and O–H groups in total. The Bertz CT molecular complexity index is 631. The molecule has 4 nitrogen and oxygen atoms in total. The van der Waals surface area contributed by atoms with Crippen molar-refractivity contribution in [1.82, 2.24) is 15.0 Å². The maximum atomic E-state index is 11.7. The van der Waals surface area contributed by atoms with Crippen molar-refractivity contribution >= 4 is 16.6 Å². The Hall–Kier alpha value is -2.36. The Balaban J connectivity index is 2.70. The molecule has 4 heteroatoms. The Kier molecular flexibility index (Phi) is 2.55. The fourth-order valence-corrected chi connectivity index (χ4v) is 1.46. The topological polar surface area (TPSA) is 61.5 Å². The summed E-state index contributed by atoms with van der Waals surface area (Å²) in [4.78, 5) is 21.6. The van der Waals surface area contributed by atoms with Crippen LogP contribution < -0.4 is 5.56 Å². The van der Waals surface area contributed by atoms with Crippen LogP contribution in [-0.2, 0) is 0 Å². The molecule has 16 heavy (non-hydrogen) atoms. The van der Waals surface area contributed by atoms with E-state index >= 15 is 0 Å². The number of nitrogens with zero attached hydrogens (tertiary/aromatic N) is 1. The molecule has 2 aromatic heterocycles. The first-order valence-electron chi connectivity index (χ1n) is 4.79. The lowest BCUT2D eigenvalue weighted by Crippen LogP contribution is -2.10. The maximum absolute atomic E-state index is 11.7. The summed E-state index contributed by atoms with van der Waals surface area (Å²) in [7, 11) is 0. The lowest BCUT2D eigenvalue weighted by atomic mass is 10.2. The maximum Gasteiger partial charge on any atom is 0.260 e. The number of allylic oxidation sites excluding steroid dienone is 4. The summed E-state index contributed by atoms with van der Waals surface area (Å²) in [6, 6.07) is 1.69. The lowest BCUT2D eigenvalue weighted by molar-refractivity contribution is 1.12. The van der Waals surface area contributed by atoms with E-state index in [0.717, 1.165) is 5.57 Å². The standard InChI is InChI=1S/C12H11N3O/c1-3-5-8(4-2)10-14-11-9(6-7-13-11)12(16)15-10/h3-7H,1-2H2,(H2,13,14,15,16)/b8-5+. The summed E-state index contributed by atoms with van der Waals surface area (Å²) in [5.74, 6) is 0.481. The highest BCUT2D eigenvalue weighted by Gasteiger charge is 2.05. The van der Waals surface area contributed by atoms with Gasteiger partial charge in [-0.05, 0) is 6.07 Å². The highest BCUT2D eigenvalue weighted by atomic mass is 16.1. The Labute approximate surface area is 92.0 Å². The van der Waals surface area contributed by atoms with Crippen molar-refractivity contribution in [3.63, 3.8) is 0 Å². The van der Waals surface area contributed by atoms with E-state index < -0.39 is 0 Å². The third-order valence-electron chi connectivity index (χ3n) is 2.22. The molecule has 0 aromatic carbocycles. The Morgan fingerprint density at radius 1 is 1.44 bits per heavy atom. The molecule has 0 spiro atoms. The van der Waals surface area contributed by atoms with Crippen molar-refractivity contribution in [3.8, 4) is 0 Å². The van der Waals surface area contributed by atoms with Gasteiger partial charge in [0.15, 0.2) is 0 Å². The number of nitrogens with one attached hydrogen (secondary N) is 2. The van der Waals surface area contributed by atoms with Gasteiger partial charge in [0.05, 0.1) is 5.39 Å². The van der Waals surface area contributed by atoms with Gasteiger partial charge in [-0.25, -0.2) is 4.98 Å². The van der Waals surface area contributed by atoms with Crippen molar-refractivity contribution in [1.29, 1.82) is 0 Å². The van der Waals surface area contributed by atoms with Gasteiger partial charge < -0.3 is 9.97 Å². The van der Waals surface area contributed by atoms with Crippen molar-refractivity contribution < 1.29 is 0 Å². The smallest absolute Gasteiger partial charge is 0.260 e. The van der Waals surface area contributed by atoms with Gasteiger partial charge in [0, 0.05) is 11.8 Å². The normalized spacial score (nSPS) is 11.6. The van der Waals surface area contributed by atoms with Crippen LogP contribution in [0.3, 0.4) is 0 Å². The van der Waals surface area contributed by atoms with Crippen LogP contribution in [0.1, 0.15) is 5.82 Å². The molecule has 0 bridgehead atoms. The van der Waals surface area contributed by atoms with Crippen LogP contribution in [0.25, 0.3) is 16.6 Å². The number of hydrogen-bond acceptors (Lipinski definition) is 2. The highest BCUT2D eigenvalue weighted by Crippen LogP contribution is 2.11. The summed E-state index contributed by atoms with van der Waals surface area (Å²) in [6.07, 6.45) is 6.66. The van der Waals surface area contributed by atoms with Crippen molar-refractivity contribution in [3.05, 3.63) is 59.8 Å². The fourth-order valence-electron chi connectivity index (χ4n) is 1.46. The van der Waals surface area contributed by atoms with E-state index in [9.17, 15) is 4.79 Å². The minimum absolute atomic E-state index is 0.168. The molecule has 80 valence electrons. The van der Waals surface area contributed by atoms with Gasteiger partial charge in [0.25, 0.3) is 5.56 Å². The van der Waals surface area contributed by atoms with E-state index in [-0.39, 0.29) is 5.56 Å². The first kappa shape index (κ1) is 10.2. The fraction of sp³-hybridized carbons (Fsp3) is 0. The molecule has 0 atom stereocenters. The second-order valence-corrected chi connectivity index (χ2v) is 3.22. The minimum atomic E-state index is -0.168. The van der Waals surface area contributed by atoms with Crippen LogP contribution in [0.5, 0.6) is 0 Å². The number of aromatic amines is 2. The van der Waals surface area contributed by atoms with E-state index in [1.165, 1.54) is 0 Å². The molecule has 2 aromatic rings. The number of hydrogen-bond donors (Lipinski definition) is 2. The zero-order chi connectivity index (χ0) is 11.5. The largest absolute Gasteiger partial charge is 0.346 e. The van der Waals surface area contributed by atoms with E-state index in [1.54, 1.807) is 30.5 Å². The molecule has 0 amide bonds. The lowest BCUT2D eigenvalue weighted by Gasteiger charge is -2.00. The van der Waals surface area contributed by atoms with E-state index in [1.807, 2.05) is 0 Å². The quantitative estimate of drug-likeness (QED) is 0.766. The van der Waals surface area contributed by atoms with Gasteiger partial charge in [-0.2, -0.15) is 0 Å². The SMILES string of the molecule is C=C/C=C(\C=C)c1nc2[nH]ccc2c(=O)[nH]1. The van der Waals surface area contributed by atoms with Gasteiger partial charge in [-0.1, -0.05) is 31.4 Å². The monoisotopic (exact) mass is 213 g/mol. The third-order valence-corrected chi connectivity index (χ3v) is 2.22. The molecular weight excluding hydrogens is 202 g/mol. The molecular formula is C12H11N3O. The van der Waals surface area contributed by atoms with Crippen molar-refractivity contribution in [2.24, 2.45) is 0 Å². The summed E-state index contributed by atoms with van der Waals surface area (Å²) in [5, 5.41) is 0.547. The molecule has 0 saturated carbocycles. The molecule has 0 aliphatic carbocycles. The number of H-pyrrole nitrogens is 2. The average Bonchev–Trinajstić information content (AvgIpc) is 2.74. The van der Waals surface area contributed by atoms with Crippen LogP contribution in [0.2, 0.25) is 0 Å². The molecule has 0 aliphatic heterocycles. The van der Waals surface area contributed by atoms with E-state index in [2.05, 4.69) is 28.1 Å². The second kappa shape index (κ2) is 4.02. The predicted molar refractivity (Wildman–Crippen MR) is 65.1 cm³/mol. The summed E-state index contributed by atoms with van der Waals surface area (Å²) >= 11 is 0. The summed E-state index contributed by atoms with van der Waals surface area (Å²) in [6.45, 7) is 7.26. The highest BCUT2D eigenvalue weighted by molar-refractivity contribution is 5.78. The van der Waals surface area contributed by atoms with Crippen LogP contribution in [0.15, 0.2) is 48.4 Å². The average molecular weight is 213 g/mol. The first-order chi connectivity index (χ1) is 7.76. The molecule has 0 unspecified atom stereocenters. The van der Waals surface area contributed by atoms with E-state index in [4.69, 9.17) is 0 Å². The molecule has 0 saturated heterocycles. The number of aromatic nitrogens is 3.